The van der Waals surface area contributed by atoms with Gasteiger partial charge in [0.05, 0.1) is 14.2 Å². The van der Waals surface area contributed by atoms with Gasteiger partial charge in [-0.2, -0.15) is 0 Å². The third-order valence-electron chi connectivity index (χ3n) is 1.03. The van der Waals surface area contributed by atoms with E-state index < -0.39 is 0 Å². The van der Waals surface area contributed by atoms with Gasteiger partial charge in [0.15, 0.2) is 0 Å². The third-order valence-corrected chi connectivity index (χ3v) is 1.03. The van der Waals surface area contributed by atoms with Crippen molar-refractivity contribution in [1.82, 2.24) is 5.48 Å². The number of rotatable bonds is 5. The van der Waals surface area contributed by atoms with Gasteiger partial charge in [-0.3, -0.25) is 4.79 Å². The molecular formula is C6H13NO3. The second-order valence-corrected chi connectivity index (χ2v) is 1.78. The van der Waals surface area contributed by atoms with Crippen molar-refractivity contribution < 1.29 is 14.4 Å². The van der Waals surface area contributed by atoms with Crippen molar-refractivity contribution in [3.63, 3.8) is 0 Å². The van der Waals surface area contributed by atoms with Crippen molar-refractivity contribution in [1.29, 1.82) is 0 Å². The summed E-state index contributed by atoms with van der Waals surface area (Å²) in [5.74, 6) is -0.182. The second-order valence-electron chi connectivity index (χ2n) is 1.78. The van der Waals surface area contributed by atoms with E-state index in [0.29, 0.717) is 13.0 Å². The van der Waals surface area contributed by atoms with Crippen LogP contribution in [0.5, 0.6) is 0 Å². The first-order valence-electron chi connectivity index (χ1n) is 3.14. The first kappa shape index (κ1) is 9.39. The van der Waals surface area contributed by atoms with Gasteiger partial charge < -0.3 is 9.57 Å². The highest BCUT2D eigenvalue weighted by molar-refractivity contribution is 5.68. The second kappa shape index (κ2) is 6.51. The van der Waals surface area contributed by atoms with E-state index in [2.05, 4.69) is 15.1 Å². The molecule has 0 aromatic heterocycles. The third kappa shape index (κ3) is 5.53. The quantitative estimate of drug-likeness (QED) is 0.340. The van der Waals surface area contributed by atoms with Crippen LogP contribution in [0.25, 0.3) is 0 Å². The molecule has 0 aliphatic rings. The van der Waals surface area contributed by atoms with Crippen LogP contribution in [0.15, 0.2) is 0 Å². The van der Waals surface area contributed by atoms with E-state index in [0.717, 1.165) is 6.42 Å². The van der Waals surface area contributed by atoms with Crippen LogP contribution in [-0.4, -0.2) is 26.7 Å². The molecule has 0 atom stereocenters. The smallest absolute Gasteiger partial charge is 0.305 e. The van der Waals surface area contributed by atoms with Crippen LogP contribution in [0.2, 0.25) is 0 Å². The summed E-state index contributed by atoms with van der Waals surface area (Å²) in [7, 11) is 2.92. The molecule has 0 aromatic carbocycles. The molecule has 0 saturated carbocycles. The molecule has 1 N–H and O–H groups in total. The van der Waals surface area contributed by atoms with E-state index in [1.807, 2.05) is 0 Å². The highest BCUT2D eigenvalue weighted by atomic mass is 16.6. The molecule has 0 unspecified atom stereocenters. The Morgan fingerprint density at radius 2 is 2.20 bits per heavy atom. The number of ether oxygens (including phenoxy) is 1. The Kier molecular flexibility index (Phi) is 6.11. The topological polar surface area (TPSA) is 47.6 Å². The summed E-state index contributed by atoms with van der Waals surface area (Å²) >= 11 is 0. The summed E-state index contributed by atoms with van der Waals surface area (Å²) < 4.78 is 4.42. The fourth-order valence-electron chi connectivity index (χ4n) is 0.509. The molecule has 10 heavy (non-hydrogen) atoms. The highest BCUT2D eigenvalue weighted by Crippen LogP contribution is 1.88. The van der Waals surface area contributed by atoms with E-state index in [-0.39, 0.29) is 5.97 Å². The van der Waals surface area contributed by atoms with E-state index in [1.165, 1.54) is 14.2 Å². The van der Waals surface area contributed by atoms with Gasteiger partial charge >= 0.3 is 5.97 Å². The Morgan fingerprint density at radius 1 is 1.50 bits per heavy atom. The fourth-order valence-corrected chi connectivity index (χ4v) is 0.509. The number of hydrogen-bond acceptors (Lipinski definition) is 4. The Bertz CT molecular complexity index is 95.0. The van der Waals surface area contributed by atoms with Crippen LogP contribution in [0.1, 0.15) is 12.8 Å². The number of nitrogens with one attached hydrogen (secondary N) is 1. The van der Waals surface area contributed by atoms with Gasteiger partial charge in [-0.15, -0.1) is 0 Å². The standard InChI is InChI=1S/C6H13NO3/c1-9-6(8)4-3-5-7-10-2/h7H,3-5H2,1-2H3. The lowest BCUT2D eigenvalue weighted by Gasteiger charge is -1.99. The molecule has 0 aromatic rings. The number of methoxy groups -OCH3 is 1. The molecule has 0 saturated heterocycles. The number of carbonyl (C=O) groups excluding carboxylic acids is 1. The highest BCUT2D eigenvalue weighted by Gasteiger charge is 1.97. The summed E-state index contributed by atoms with van der Waals surface area (Å²) in [4.78, 5) is 15.0. The van der Waals surface area contributed by atoms with Gasteiger partial charge in [0.1, 0.15) is 0 Å². The summed E-state index contributed by atoms with van der Waals surface area (Å²) in [6.07, 6.45) is 1.17. The first-order valence-corrected chi connectivity index (χ1v) is 3.14. The Hall–Kier alpha value is -0.610. The zero-order valence-corrected chi connectivity index (χ0v) is 6.35. The summed E-state index contributed by atoms with van der Waals surface area (Å²) in [5.41, 5.74) is 2.62. The minimum atomic E-state index is -0.182. The summed E-state index contributed by atoms with van der Waals surface area (Å²) in [5, 5.41) is 0. The van der Waals surface area contributed by atoms with Crippen LogP contribution in [0.3, 0.4) is 0 Å². The predicted octanol–water partition coefficient (Wildman–Crippen LogP) is 0.0906. The Balaban J connectivity index is 2.96. The lowest BCUT2D eigenvalue weighted by Crippen LogP contribution is -2.14. The van der Waals surface area contributed by atoms with Gasteiger partial charge in [-0.25, -0.2) is 5.48 Å². The maximum Gasteiger partial charge on any atom is 0.305 e. The molecule has 0 amide bonds. The maximum absolute atomic E-state index is 10.5. The molecule has 0 fully saturated rings. The van der Waals surface area contributed by atoms with E-state index in [4.69, 9.17) is 0 Å². The maximum atomic E-state index is 10.5. The van der Waals surface area contributed by atoms with Gasteiger partial charge in [0, 0.05) is 13.0 Å². The van der Waals surface area contributed by atoms with Crippen LogP contribution in [0.4, 0.5) is 0 Å². The predicted molar refractivity (Wildman–Crippen MR) is 36.3 cm³/mol. The Morgan fingerprint density at radius 3 is 2.70 bits per heavy atom. The van der Waals surface area contributed by atoms with Crippen molar-refractivity contribution in [3.05, 3.63) is 0 Å². The van der Waals surface area contributed by atoms with Crippen molar-refractivity contribution in [3.8, 4) is 0 Å². The minimum absolute atomic E-state index is 0.182. The average molecular weight is 147 g/mol. The summed E-state index contributed by atoms with van der Waals surface area (Å²) in [6.45, 7) is 0.672. The molecule has 0 radical (unpaired) electrons. The molecule has 0 bridgehead atoms. The first-order chi connectivity index (χ1) is 4.81. The molecular weight excluding hydrogens is 134 g/mol. The van der Waals surface area contributed by atoms with E-state index in [9.17, 15) is 4.79 Å². The molecule has 4 heteroatoms. The molecule has 60 valence electrons. The van der Waals surface area contributed by atoms with Crippen molar-refractivity contribution >= 4 is 5.97 Å². The SMILES string of the molecule is CONCCCC(=O)OC. The largest absolute Gasteiger partial charge is 0.469 e. The molecule has 0 rings (SSSR count). The van der Waals surface area contributed by atoms with E-state index >= 15 is 0 Å². The minimum Gasteiger partial charge on any atom is -0.469 e. The molecule has 0 aliphatic heterocycles. The van der Waals surface area contributed by atoms with Crippen molar-refractivity contribution in [2.45, 2.75) is 12.8 Å². The molecule has 0 spiro atoms. The molecule has 0 heterocycles. The lowest BCUT2D eigenvalue weighted by molar-refractivity contribution is -0.140. The number of hydrogen-bond donors (Lipinski definition) is 1. The number of hydroxylamine groups is 1. The van der Waals surface area contributed by atoms with E-state index in [1.54, 1.807) is 0 Å². The van der Waals surface area contributed by atoms with Gasteiger partial charge in [-0.05, 0) is 6.42 Å². The van der Waals surface area contributed by atoms with Crippen molar-refractivity contribution in [2.75, 3.05) is 20.8 Å². The zero-order valence-electron chi connectivity index (χ0n) is 6.35. The number of esters is 1. The lowest BCUT2D eigenvalue weighted by atomic mass is 10.3. The normalized spacial score (nSPS) is 9.40. The molecule has 0 aliphatic carbocycles. The number of carbonyl (C=O) groups is 1. The van der Waals surface area contributed by atoms with Crippen LogP contribution >= 0.6 is 0 Å². The Labute approximate surface area is 60.5 Å². The van der Waals surface area contributed by atoms with Crippen molar-refractivity contribution in [2.24, 2.45) is 0 Å². The van der Waals surface area contributed by atoms with Gasteiger partial charge in [0.25, 0.3) is 0 Å². The zero-order chi connectivity index (χ0) is 7.82. The fraction of sp³-hybridized carbons (Fsp3) is 0.833. The van der Waals surface area contributed by atoms with Crippen LogP contribution in [0, 0.1) is 0 Å². The summed E-state index contributed by atoms with van der Waals surface area (Å²) in [6, 6.07) is 0. The average Bonchev–Trinajstić information content (AvgIpc) is 1.98. The van der Waals surface area contributed by atoms with Gasteiger partial charge in [0.2, 0.25) is 0 Å². The monoisotopic (exact) mass is 147 g/mol. The van der Waals surface area contributed by atoms with Crippen LogP contribution in [-0.2, 0) is 14.4 Å². The van der Waals surface area contributed by atoms with Gasteiger partial charge in [-0.1, -0.05) is 0 Å². The molecule has 4 nitrogen and oxygen atoms in total. The van der Waals surface area contributed by atoms with Crippen LogP contribution < -0.4 is 5.48 Å².